The molecule has 0 atom stereocenters. The Morgan fingerprint density at radius 1 is 1.61 bits per heavy atom. The Hall–Kier alpha value is -2.22. The molecule has 0 fully saturated rings. The van der Waals surface area contributed by atoms with Crippen LogP contribution in [0, 0.1) is 10.1 Å². The average molecular weight is 255 g/mol. The topological polar surface area (TPSA) is 104 Å². The van der Waals surface area contributed by atoms with Crippen LogP contribution in [0.3, 0.4) is 0 Å². The minimum Gasteiger partial charge on any atom is -0.476 e. The Balaban J connectivity index is 2.48. The SMILES string of the molecule is COCCNC(=O)COc1cccnc1[N+](=O)[O-]. The van der Waals surface area contributed by atoms with E-state index in [1.807, 2.05) is 0 Å². The zero-order chi connectivity index (χ0) is 13.4. The van der Waals surface area contributed by atoms with Gasteiger partial charge in [-0.05, 0) is 22.0 Å². The van der Waals surface area contributed by atoms with Gasteiger partial charge in [0.05, 0.1) is 6.61 Å². The number of aromatic nitrogens is 1. The summed E-state index contributed by atoms with van der Waals surface area (Å²) in [5.41, 5.74) is 0. The van der Waals surface area contributed by atoms with E-state index in [-0.39, 0.29) is 18.3 Å². The molecule has 0 aliphatic heterocycles. The highest BCUT2D eigenvalue weighted by Crippen LogP contribution is 2.22. The summed E-state index contributed by atoms with van der Waals surface area (Å²) in [6.07, 6.45) is 1.28. The van der Waals surface area contributed by atoms with E-state index in [0.29, 0.717) is 13.2 Å². The molecule has 1 amide bonds. The normalized spacial score (nSPS) is 9.83. The summed E-state index contributed by atoms with van der Waals surface area (Å²) in [5.74, 6) is -0.836. The third-order valence-electron chi connectivity index (χ3n) is 1.91. The van der Waals surface area contributed by atoms with E-state index < -0.39 is 10.7 Å². The summed E-state index contributed by atoms with van der Waals surface area (Å²) in [5, 5.41) is 13.1. The minimum atomic E-state index is -0.668. The van der Waals surface area contributed by atoms with Crippen molar-refractivity contribution in [3.8, 4) is 5.75 Å². The average Bonchev–Trinajstić information content (AvgIpc) is 2.37. The second-order valence-corrected chi connectivity index (χ2v) is 3.21. The number of pyridine rings is 1. The first-order valence-corrected chi connectivity index (χ1v) is 5.13. The molecule has 0 unspecified atom stereocenters. The summed E-state index contributed by atoms with van der Waals surface area (Å²) in [7, 11) is 1.52. The molecular formula is C10H13N3O5. The van der Waals surface area contributed by atoms with Gasteiger partial charge in [0, 0.05) is 13.7 Å². The second-order valence-electron chi connectivity index (χ2n) is 3.21. The number of carbonyl (C=O) groups is 1. The monoisotopic (exact) mass is 255 g/mol. The van der Waals surface area contributed by atoms with E-state index in [9.17, 15) is 14.9 Å². The molecule has 0 spiro atoms. The van der Waals surface area contributed by atoms with Gasteiger partial charge in [-0.1, -0.05) is 0 Å². The van der Waals surface area contributed by atoms with Gasteiger partial charge in [0.2, 0.25) is 5.75 Å². The molecule has 8 heteroatoms. The third-order valence-corrected chi connectivity index (χ3v) is 1.91. The van der Waals surface area contributed by atoms with Gasteiger partial charge in [-0.2, -0.15) is 0 Å². The molecule has 0 aliphatic rings. The molecule has 98 valence electrons. The summed E-state index contributed by atoms with van der Waals surface area (Å²) in [6.45, 7) is 0.433. The number of methoxy groups -OCH3 is 1. The number of ether oxygens (including phenoxy) is 2. The Kier molecular flexibility index (Phi) is 5.52. The molecule has 0 saturated carbocycles. The van der Waals surface area contributed by atoms with Crippen molar-refractivity contribution in [2.24, 2.45) is 0 Å². The molecule has 1 rings (SSSR count). The van der Waals surface area contributed by atoms with Gasteiger partial charge in [-0.3, -0.25) is 4.79 Å². The zero-order valence-electron chi connectivity index (χ0n) is 9.79. The van der Waals surface area contributed by atoms with Gasteiger partial charge in [0.15, 0.2) is 6.61 Å². The van der Waals surface area contributed by atoms with Gasteiger partial charge in [-0.15, -0.1) is 0 Å². The summed E-state index contributed by atoms with van der Waals surface area (Å²) >= 11 is 0. The predicted molar refractivity (Wildman–Crippen MR) is 61.3 cm³/mol. The number of rotatable bonds is 7. The van der Waals surface area contributed by atoms with E-state index in [4.69, 9.17) is 9.47 Å². The van der Waals surface area contributed by atoms with E-state index in [2.05, 4.69) is 10.3 Å². The standard InChI is InChI=1S/C10H13N3O5/c1-17-6-5-11-9(14)7-18-8-3-2-4-12-10(8)13(15)16/h2-4H,5-7H2,1H3,(H,11,14). The van der Waals surface area contributed by atoms with E-state index in [0.717, 1.165) is 0 Å². The molecular weight excluding hydrogens is 242 g/mol. The largest absolute Gasteiger partial charge is 0.476 e. The Morgan fingerprint density at radius 2 is 2.39 bits per heavy atom. The van der Waals surface area contributed by atoms with Crippen LogP contribution in [-0.2, 0) is 9.53 Å². The first-order chi connectivity index (χ1) is 8.65. The lowest BCUT2D eigenvalue weighted by molar-refractivity contribution is -0.390. The number of nitrogens with one attached hydrogen (secondary N) is 1. The Morgan fingerprint density at radius 3 is 3.06 bits per heavy atom. The van der Waals surface area contributed by atoms with Crippen LogP contribution in [0.2, 0.25) is 0 Å². The van der Waals surface area contributed by atoms with E-state index >= 15 is 0 Å². The van der Waals surface area contributed by atoms with Crippen molar-refractivity contribution in [1.29, 1.82) is 0 Å². The molecule has 0 aromatic carbocycles. The fraction of sp³-hybridized carbons (Fsp3) is 0.400. The number of amides is 1. The number of hydrogen-bond donors (Lipinski definition) is 1. The highest BCUT2D eigenvalue weighted by atomic mass is 16.6. The van der Waals surface area contributed by atoms with E-state index in [1.54, 1.807) is 0 Å². The molecule has 0 aliphatic carbocycles. The van der Waals surface area contributed by atoms with Crippen LogP contribution in [0.25, 0.3) is 0 Å². The van der Waals surface area contributed by atoms with Crippen LogP contribution >= 0.6 is 0 Å². The predicted octanol–water partition coefficient (Wildman–Crippen LogP) is 0.131. The first-order valence-electron chi connectivity index (χ1n) is 5.13. The molecule has 1 aromatic rings. The minimum absolute atomic E-state index is 0.0376. The molecule has 1 aromatic heterocycles. The summed E-state index contributed by atoms with van der Waals surface area (Å²) in [4.78, 5) is 24.8. The van der Waals surface area contributed by atoms with Crippen LogP contribution in [0.15, 0.2) is 18.3 Å². The summed E-state index contributed by atoms with van der Waals surface area (Å²) in [6, 6.07) is 2.87. The van der Waals surface area contributed by atoms with Gasteiger partial charge in [0.25, 0.3) is 5.91 Å². The fourth-order valence-corrected chi connectivity index (χ4v) is 1.12. The lowest BCUT2D eigenvalue weighted by Gasteiger charge is -2.06. The van der Waals surface area contributed by atoms with Gasteiger partial charge in [0.1, 0.15) is 6.20 Å². The van der Waals surface area contributed by atoms with Crippen molar-refractivity contribution in [3.05, 3.63) is 28.4 Å². The van der Waals surface area contributed by atoms with Gasteiger partial charge in [-0.25, -0.2) is 0 Å². The molecule has 1 heterocycles. The zero-order valence-corrected chi connectivity index (χ0v) is 9.79. The number of hydrogen-bond acceptors (Lipinski definition) is 6. The second kappa shape index (κ2) is 7.17. The molecule has 8 nitrogen and oxygen atoms in total. The molecule has 0 radical (unpaired) electrons. The number of nitrogens with zero attached hydrogens (tertiary/aromatic N) is 2. The highest BCUT2D eigenvalue weighted by molar-refractivity contribution is 5.77. The van der Waals surface area contributed by atoms with Crippen LogP contribution in [0.4, 0.5) is 5.82 Å². The maximum atomic E-state index is 11.3. The first kappa shape index (κ1) is 13.8. The van der Waals surface area contributed by atoms with Crippen molar-refractivity contribution >= 4 is 11.7 Å². The van der Waals surface area contributed by atoms with Crippen LogP contribution < -0.4 is 10.1 Å². The van der Waals surface area contributed by atoms with Crippen molar-refractivity contribution in [2.45, 2.75) is 0 Å². The maximum absolute atomic E-state index is 11.3. The molecule has 1 N–H and O–H groups in total. The van der Waals surface area contributed by atoms with Crippen LogP contribution in [0.5, 0.6) is 5.75 Å². The van der Waals surface area contributed by atoms with Crippen molar-refractivity contribution in [1.82, 2.24) is 10.3 Å². The molecule has 18 heavy (non-hydrogen) atoms. The molecule has 0 bridgehead atoms. The summed E-state index contributed by atoms with van der Waals surface area (Å²) < 4.78 is 9.78. The fourth-order valence-electron chi connectivity index (χ4n) is 1.12. The van der Waals surface area contributed by atoms with Crippen molar-refractivity contribution < 1.29 is 19.2 Å². The van der Waals surface area contributed by atoms with Gasteiger partial charge < -0.3 is 24.9 Å². The number of nitro groups is 1. The maximum Gasteiger partial charge on any atom is 0.406 e. The Labute approximate surface area is 103 Å². The molecule has 0 saturated heterocycles. The number of carbonyl (C=O) groups excluding carboxylic acids is 1. The van der Waals surface area contributed by atoms with Crippen molar-refractivity contribution in [2.75, 3.05) is 26.9 Å². The van der Waals surface area contributed by atoms with Crippen molar-refractivity contribution in [3.63, 3.8) is 0 Å². The van der Waals surface area contributed by atoms with Crippen LogP contribution in [-0.4, -0.2) is 42.7 Å². The van der Waals surface area contributed by atoms with Gasteiger partial charge >= 0.3 is 5.82 Å². The smallest absolute Gasteiger partial charge is 0.406 e. The Bertz CT molecular complexity index is 424. The third kappa shape index (κ3) is 4.34. The lowest BCUT2D eigenvalue weighted by Crippen LogP contribution is -2.31. The van der Waals surface area contributed by atoms with Crippen LogP contribution in [0.1, 0.15) is 0 Å². The van der Waals surface area contributed by atoms with E-state index in [1.165, 1.54) is 25.4 Å². The highest BCUT2D eigenvalue weighted by Gasteiger charge is 2.16. The lowest BCUT2D eigenvalue weighted by atomic mass is 10.4. The quantitative estimate of drug-likeness (QED) is 0.422.